The van der Waals surface area contributed by atoms with Crippen LogP contribution in [0.2, 0.25) is 0 Å². The molecule has 0 atom stereocenters. The standard InChI is InChI=1S/C19H18N6O2S/c26-19(25-16-12-28-18(23-16)14-5-8-20-9-6-14)24-15-2-1-3-17(22-15)27-11-13-4-7-21-10-13/h1-3,5-6,8-9,11-12,21H,4,7,10H2,(H2,22,24,25,26). The van der Waals surface area contributed by atoms with Crippen LogP contribution in [-0.2, 0) is 0 Å². The Bertz CT molecular complexity index is 981. The van der Waals surface area contributed by atoms with Crippen molar-refractivity contribution >= 4 is 29.0 Å². The fourth-order valence-electron chi connectivity index (χ4n) is 2.60. The molecule has 3 N–H and O–H groups in total. The number of hydrogen-bond acceptors (Lipinski definition) is 7. The fourth-order valence-corrected chi connectivity index (χ4v) is 3.36. The molecule has 0 spiro atoms. The zero-order valence-corrected chi connectivity index (χ0v) is 15.7. The lowest BCUT2D eigenvalue weighted by molar-refractivity contribution is 0.262. The second-order valence-corrected chi connectivity index (χ2v) is 6.89. The van der Waals surface area contributed by atoms with Crippen LogP contribution in [0.25, 0.3) is 10.6 Å². The largest absolute Gasteiger partial charge is 0.447 e. The number of ether oxygens (including phenoxy) is 1. The van der Waals surface area contributed by atoms with Gasteiger partial charge in [0.2, 0.25) is 5.88 Å². The molecule has 1 fully saturated rings. The third-order valence-corrected chi connectivity index (χ3v) is 4.85. The highest BCUT2D eigenvalue weighted by Gasteiger charge is 2.10. The molecule has 0 aliphatic carbocycles. The van der Waals surface area contributed by atoms with Crippen LogP contribution in [-0.4, -0.2) is 34.1 Å². The Hall–Kier alpha value is -3.30. The molecule has 142 valence electrons. The number of carbonyl (C=O) groups is 1. The van der Waals surface area contributed by atoms with E-state index in [1.54, 1.807) is 42.2 Å². The van der Waals surface area contributed by atoms with Gasteiger partial charge >= 0.3 is 6.03 Å². The van der Waals surface area contributed by atoms with Gasteiger partial charge < -0.3 is 10.1 Å². The van der Waals surface area contributed by atoms with Gasteiger partial charge in [-0.2, -0.15) is 4.98 Å². The maximum absolute atomic E-state index is 12.2. The quantitative estimate of drug-likeness (QED) is 0.573. The van der Waals surface area contributed by atoms with Gasteiger partial charge in [-0.25, -0.2) is 9.78 Å². The van der Waals surface area contributed by atoms with E-state index in [1.807, 2.05) is 12.1 Å². The lowest BCUT2D eigenvalue weighted by atomic mass is 10.3. The number of carbonyl (C=O) groups excluding carboxylic acids is 1. The van der Waals surface area contributed by atoms with Crippen LogP contribution >= 0.6 is 11.3 Å². The van der Waals surface area contributed by atoms with E-state index in [1.165, 1.54) is 16.9 Å². The van der Waals surface area contributed by atoms with Crippen molar-refractivity contribution in [1.82, 2.24) is 20.3 Å². The first kappa shape index (κ1) is 18.1. The molecule has 0 bridgehead atoms. The normalized spacial score (nSPS) is 14.8. The molecule has 28 heavy (non-hydrogen) atoms. The molecule has 0 unspecified atom stereocenters. The van der Waals surface area contributed by atoms with Crippen LogP contribution in [0.3, 0.4) is 0 Å². The van der Waals surface area contributed by atoms with Crippen molar-refractivity contribution in [1.29, 1.82) is 0 Å². The number of anilines is 2. The molecule has 1 aliphatic rings. The zero-order chi connectivity index (χ0) is 19.2. The van der Waals surface area contributed by atoms with Gasteiger partial charge in [0.1, 0.15) is 16.6 Å². The first-order chi connectivity index (χ1) is 13.8. The van der Waals surface area contributed by atoms with Gasteiger partial charge in [-0.1, -0.05) is 6.07 Å². The third kappa shape index (κ3) is 4.70. The first-order valence-corrected chi connectivity index (χ1v) is 9.60. The van der Waals surface area contributed by atoms with Crippen LogP contribution in [0.5, 0.6) is 5.88 Å². The molecule has 3 aromatic rings. The topological polar surface area (TPSA) is 101 Å². The van der Waals surface area contributed by atoms with E-state index in [-0.39, 0.29) is 0 Å². The smallest absolute Gasteiger partial charge is 0.326 e. The molecule has 8 nitrogen and oxygen atoms in total. The molecule has 3 aromatic heterocycles. The van der Waals surface area contributed by atoms with Crippen molar-refractivity contribution in [2.24, 2.45) is 0 Å². The Balaban J connectivity index is 1.35. The lowest BCUT2D eigenvalue weighted by Gasteiger charge is -2.06. The van der Waals surface area contributed by atoms with E-state index >= 15 is 0 Å². The predicted molar refractivity (Wildman–Crippen MR) is 108 cm³/mol. The van der Waals surface area contributed by atoms with Gasteiger partial charge in [-0.15, -0.1) is 11.3 Å². The highest BCUT2D eigenvalue weighted by Crippen LogP contribution is 2.25. The first-order valence-electron chi connectivity index (χ1n) is 8.72. The van der Waals surface area contributed by atoms with Gasteiger partial charge in [0, 0.05) is 35.9 Å². The van der Waals surface area contributed by atoms with Crippen molar-refractivity contribution in [3.63, 3.8) is 0 Å². The van der Waals surface area contributed by atoms with Crippen LogP contribution in [0.15, 0.2) is 59.9 Å². The molecule has 4 rings (SSSR count). The van der Waals surface area contributed by atoms with Crippen molar-refractivity contribution in [3.05, 3.63) is 59.9 Å². The molecule has 1 saturated heterocycles. The van der Waals surface area contributed by atoms with E-state index < -0.39 is 6.03 Å². The third-order valence-electron chi connectivity index (χ3n) is 3.96. The van der Waals surface area contributed by atoms with Crippen molar-refractivity contribution in [3.8, 4) is 16.5 Å². The summed E-state index contributed by atoms with van der Waals surface area (Å²) in [4.78, 5) is 24.9. The monoisotopic (exact) mass is 394 g/mol. The number of pyridine rings is 2. The number of nitrogens with zero attached hydrogens (tertiary/aromatic N) is 3. The minimum absolute atomic E-state index is 0.391. The molecule has 0 radical (unpaired) electrons. The Morgan fingerprint density at radius 3 is 2.82 bits per heavy atom. The molecular weight excluding hydrogens is 376 g/mol. The minimum Gasteiger partial charge on any atom is -0.447 e. The Morgan fingerprint density at radius 2 is 2.00 bits per heavy atom. The highest BCUT2D eigenvalue weighted by atomic mass is 32.1. The van der Waals surface area contributed by atoms with Crippen molar-refractivity contribution in [2.75, 3.05) is 23.7 Å². The van der Waals surface area contributed by atoms with Crippen LogP contribution < -0.4 is 20.7 Å². The summed E-state index contributed by atoms with van der Waals surface area (Å²) >= 11 is 1.44. The average Bonchev–Trinajstić information content (AvgIpc) is 3.39. The van der Waals surface area contributed by atoms with E-state index in [2.05, 4.69) is 30.9 Å². The second kappa shape index (κ2) is 8.59. The average molecular weight is 394 g/mol. The molecule has 0 aromatic carbocycles. The molecule has 4 heterocycles. The van der Waals surface area contributed by atoms with Gasteiger partial charge in [0.05, 0.1) is 6.26 Å². The van der Waals surface area contributed by atoms with Crippen molar-refractivity contribution in [2.45, 2.75) is 6.42 Å². The summed E-state index contributed by atoms with van der Waals surface area (Å²) < 4.78 is 5.58. The highest BCUT2D eigenvalue weighted by molar-refractivity contribution is 7.13. The van der Waals surface area contributed by atoms with E-state index in [0.29, 0.717) is 17.5 Å². The van der Waals surface area contributed by atoms with Gasteiger partial charge in [0.25, 0.3) is 0 Å². The number of rotatable bonds is 5. The SMILES string of the molecule is O=C(Nc1cccc(OC=C2CCNC2)n1)Nc1csc(-c2ccncc2)n1. The number of hydrogen-bond donors (Lipinski definition) is 3. The molecule has 2 amide bonds. The summed E-state index contributed by atoms with van der Waals surface area (Å²) in [5, 5.41) is 11.2. The van der Waals surface area contributed by atoms with Crippen molar-refractivity contribution < 1.29 is 9.53 Å². The summed E-state index contributed by atoms with van der Waals surface area (Å²) in [5.74, 6) is 1.29. The molecular formula is C19H18N6O2S. The summed E-state index contributed by atoms with van der Waals surface area (Å²) in [6.07, 6.45) is 6.09. The maximum Gasteiger partial charge on any atom is 0.326 e. The Labute approximate surface area is 165 Å². The zero-order valence-electron chi connectivity index (χ0n) is 14.9. The summed E-state index contributed by atoms with van der Waals surface area (Å²) in [5.41, 5.74) is 2.14. The maximum atomic E-state index is 12.2. The number of nitrogens with one attached hydrogen (secondary N) is 3. The van der Waals surface area contributed by atoms with E-state index in [0.717, 1.165) is 30.1 Å². The van der Waals surface area contributed by atoms with E-state index in [9.17, 15) is 4.79 Å². The summed E-state index contributed by atoms with van der Waals surface area (Å²) in [6.45, 7) is 1.79. The molecule has 1 aliphatic heterocycles. The summed E-state index contributed by atoms with van der Waals surface area (Å²) in [6, 6.07) is 8.52. The lowest BCUT2D eigenvalue weighted by Crippen LogP contribution is -2.20. The molecule has 9 heteroatoms. The van der Waals surface area contributed by atoms with Gasteiger partial charge in [-0.05, 0) is 36.7 Å². The minimum atomic E-state index is -0.422. The predicted octanol–water partition coefficient (Wildman–Crippen LogP) is 3.50. The van der Waals surface area contributed by atoms with Gasteiger partial charge in [-0.3, -0.25) is 15.6 Å². The number of thiazole rings is 1. The van der Waals surface area contributed by atoms with Gasteiger partial charge in [0.15, 0.2) is 0 Å². The Kier molecular flexibility index (Phi) is 5.55. The number of amides is 2. The molecule has 0 saturated carbocycles. The Morgan fingerprint density at radius 1 is 1.14 bits per heavy atom. The fraction of sp³-hybridized carbons (Fsp3) is 0.158. The number of aromatic nitrogens is 3. The van der Waals surface area contributed by atoms with Crippen LogP contribution in [0.1, 0.15) is 6.42 Å². The van der Waals surface area contributed by atoms with Crippen LogP contribution in [0.4, 0.5) is 16.4 Å². The van der Waals surface area contributed by atoms with E-state index in [4.69, 9.17) is 4.74 Å². The number of urea groups is 1. The van der Waals surface area contributed by atoms with Crippen LogP contribution in [0, 0.1) is 0 Å². The second-order valence-electron chi connectivity index (χ2n) is 6.03. The summed E-state index contributed by atoms with van der Waals surface area (Å²) in [7, 11) is 0.